The third-order valence-electron chi connectivity index (χ3n) is 3.00. The van der Waals surface area contributed by atoms with Crippen LogP contribution < -0.4 is 4.74 Å². The summed E-state index contributed by atoms with van der Waals surface area (Å²) in [5, 5.41) is 0. The smallest absolute Gasteiger partial charge is 0.237 e. The van der Waals surface area contributed by atoms with E-state index in [1.807, 2.05) is 24.5 Å². The van der Waals surface area contributed by atoms with Crippen LogP contribution in [0.1, 0.15) is 57.4 Å². The summed E-state index contributed by atoms with van der Waals surface area (Å²) in [6.45, 7) is 2.92. The fraction of sp³-hybridized carbons (Fsp3) is 0.562. The minimum atomic E-state index is 0.514. The van der Waals surface area contributed by atoms with Crippen molar-refractivity contribution in [3.8, 4) is 5.75 Å². The monoisotopic (exact) mass is 247 g/mol. The van der Waals surface area contributed by atoms with Crippen molar-refractivity contribution >= 4 is 6.29 Å². The molecule has 0 spiro atoms. The van der Waals surface area contributed by atoms with Gasteiger partial charge in [0, 0.05) is 0 Å². The lowest BCUT2D eigenvalue weighted by atomic mass is 10.1. The fourth-order valence-corrected chi connectivity index (χ4v) is 1.92. The van der Waals surface area contributed by atoms with Crippen molar-refractivity contribution in [1.29, 1.82) is 0 Å². The molecule has 0 saturated heterocycles. The van der Waals surface area contributed by atoms with Gasteiger partial charge in [0.05, 0.1) is 12.2 Å². The van der Waals surface area contributed by atoms with Crippen LogP contribution in [0.4, 0.5) is 0 Å². The van der Waals surface area contributed by atoms with E-state index in [9.17, 15) is 4.79 Å². The zero-order valence-corrected chi connectivity index (χ0v) is 11.3. The van der Waals surface area contributed by atoms with Crippen molar-refractivity contribution in [2.75, 3.05) is 6.61 Å². The molecule has 1 rings (SSSR count). The van der Waals surface area contributed by atoms with Gasteiger partial charge in [0.1, 0.15) is 5.75 Å². The number of unbranched alkanes of at least 4 members (excludes halogenated alkanes) is 6. The molecule has 18 heavy (non-hydrogen) atoms. The topological polar surface area (TPSA) is 26.3 Å². The van der Waals surface area contributed by atoms with Crippen LogP contribution in [0.2, 0.25) is 0 Å². The Bertz CT molecular complexity index is 334. The zero-order valence-electron chi connectivity index (χ0n) is 11.3. The average Bonchev–Trinajstić information content (AvgIpc) is 2.42. The highest BCUT2D eigenvalue weighted by Gasteiger charge is 2.01. The zero-order chi connectivity index (χ0) is 13.1. The van der Waals surface area contributed by atoms with E-state index in [2.05, 4.69) is 6.92 Å². The molecule has 0 heterocycles. The molecule has 0 aliphatic rings. The molecule has 1 radical (unpaired) electrons. The lowest BCUT2D eigenvalue weighted by Crippen LogP contribution is -1.99. The second-order valence-corrected chi connectivity index (χ2v) is 4.57. The molecule has 0 saturated carbocycles. The van der Waals surface area contributed by atoms with Crippen molar-refractivity contribution in [1.82, 2.24) is 0 Å². The number of rotatable bonds is 10. The second kappa shape index (κ2) is 9.69. The molecular formula is C16H23O2. The van der Waals surface area contributed by atoms with Crippen LogP contribution in [0.5, 0.6) is 5.75 Å². The van der Waals surface area contributed by atoms with Gasteiger partial charge in [-0.2, -0.15) is 0 Å². The van der Waals surface area contributed by atoms with Crippen LogP contribution in [0.15, 0.2) is 24.3 Å². The first-order valence-corrected chi connectivity index (χ1v) is 6.98. The first kappa shape index (κ1) is 14.7. The molecule has 0 N–H and O–H groups in total. The summed E-state index contributed by atoms with van der Waals surface area (Å²) in [4.78, 5) is 10.7. The quantitative estimate of drug-likeness (QED) is 0.577. The van der Waals surface area contributed by atoms with Gasteiger partial charge >= 0.3 is 0 Å². The molecule has 0 amide bonds. The molecule has 1 aromatic rings. The van der Waals surface area contributed by atoms with Crippen molar-refractivity contribution in [3.05, 3.63) is 29.8 Å². The Morgan fingerprint density at radius 3 is 2.39 bits per heavy atom. The van der Waals surface area contributed by atoms with Crippen molar-refractivity contribution < 1.29 is 9.53 Å². The maximum Gasteiger partial charge on any atom is 0.237 e. The van der Waals surface area contributed by atoms with E-state index in [-0.39, 0.29) is 0 Å². The maximum atomic E-state index is 10.7. The molecule has 0 aliphatic heterocycles. The molecule has 0 atom stereocenters. The molecule has 0 aromatic heterocycles. The van der Waals surface area contributed by atoms with Crippen LogP contribution >= 0.6 is 0 Å². The first-order valence-electron chi connectivity index (χ1n) is 6.98. The number of hydrogen-bond donors (Lipinski definition) is 0. The lowest BCUT2D eigenvalue weighted by Gasteiger charge is -2.07. The molecule has 0 fully saturated rings. The Hall–Kier alpha value is -1.31. The molecule has 0 unspecified atom stereocenters. The van der Waals surface area contributed by atoms with Gasteiger partial charge in [0.15, 0.2) is 0 Å². The van der Waals surface area contributed by atoms with E-state index < -0.39 is 0 Å². The molecule has 1 aromatic carbocycles. The normalized spacial score (nSPS) is 10.3. The highest BCUT2D eigenvalue weighted by Crippen LogP contribution is 2.16. The van der Waals surface area contributed by atoms with Crippen LogP contribution in [0, 0.1) is 0 Å². The first-order chi connectivity index (χ1) is 8.88. The Morgan fingerprint density at radius 2 is 1.67 bits per heavy atom. The van der Waals surface area contributed by atoms with Gasteiger partial charge in [0.25, 0.3) is 0 Å². The summed E-state index contributed by atoms with van der Waals surface area (Å²) in [5.41, 5.74) is 0.514. The molecule has 2 heteroatoms. The number of para-hydroxylation sites is 1. The average molecular weight is 247 g/mol. The van der Waals surface area contributed by atoms with Gasteiger partial charge in [-0.1, -0.05) is 57.6 Å². The summed E-state index contributed by atoms with van der Waals surface area (Å²) in [6.07, 6.45) is 10.8. The Morgan fingerprint density at radius 1 is 1.00 bits per heavy atom. The predicted molar refractivity (Wildman–Crippen MR) is 74.7 cm³/mol. The van der Waals surface area contributed by atoms with E-state index in [4.69, 9.17) is 4.74 Å². The van der Waals surface area contributed by atoms with Crippen LogP contribution in [-0.4, -0.2) is 12.9 Å². The van der Waals surface area contributed by atoms with E-state index >= 15 is 0 Å². The van der Waals surface area contributed by atoms with Gasteiger partial charge < -0.3 is 4.74 Å². The van der Waals surface area contributed by atoms with Crippen molar-refractivity contribution in [3.63, 3.8) is 0 Å². The Kier molecular flexibility index (Phi) is 7.94. The highest BCUT2D eigenvalue weighted by molar-refractivity contribution is 5.79. The minimum absolute atomic E-state index is 0.514. The van der Waals surface area contributed by atoms with E-state index in [0.29, 0.717) is 17.9 Å². The van der Waals surface area contributed by atoms with E-state index in [1.54, 1.807) is 6.07 Å². The van der Waals surface area contributed by atoms with Crippen molar-refractivity contribution in [2.45, 2.75) is 51.9 Å². The Labute approximate surface area is 110 Å². The van der Waals surface area contributed by atoms with Gasteiger partial charge in [-0.15, -0.1) is 0 Å². The number of carbonyl (C=O) groups excluding carboxylic acids is 1. The lowest BCUT2D eigenvalue weighted by molar-refractivity contribution is 0.303. The van der Waals surface area contributed by atoms with Gasteiger partial charge in [-0.3, -0.25) is 4.79 Å². The second-order valence-electron chi connectivity index (χ2n) is 4.57. The number of hydrogen-bond acceptors (Lipinski definition) is 2. The molecule has 0 bridgehead atoms. The summed E-state index contributed by atoms with van der Waals surface area (Å²) < 4.78 is 5.59. The van der Waals surface area contributed by atoms with E-state index in [1.165, 1.54) is 38.5 Å². The number of benzene rings is 1. The standard InChI is InChI=1S/C16H23O2/c1-2-3-4-5-6-7-10-13-18-16-12-9-8-11-15(16)14-17/h8-9,11-12H,2-7,10,13H2,1H3. The predicted octanol–water partition coefficient (Wildman–Crippen LogP) is 4.27. The van der Waals surface area contributed by atoms with Crippen LogP contribution in [-0.2, 0) is 4.79 Å². The molecule has 99 valence electrons. The summed E-state index contributed by atoms with van der Waals surface area (Å²) in [7, 11) is 0. The fourth-order valence-electron chi connectivity index (χ4n) is 1.92. The molecule has 0 aliphatic carbocycles. The SMILES string of the molecule is CCCCCCCCCOc1ccccc1[C]=O. The summed E-state index contributed by atoms with van der Waals surface area (Å²) >= 11 is 0. The van der Waals surface area contributed by atoms with Gasteiger partial charge in [-0.25, -0.2) is 0 Å². The Balaban J connectivity index is 2.09. The highest BCUT2D eigenvalue weighted by atomic mass is 16.5. The van der Waals surface area contributed by atoms with Gasteiger partial charge in [-0.05, 0) is 18.6 Å². The molecular weight excluding hydrogens is 224 g/mol. The van der Waals surface area contributed by atoms with Gasteiger partial charge in [0.2, 0.25) is 6.29 Å². The maximum absolute atomic E-state index is 10.7. The summed E-state index contributed by atoms with van der Waals surface area (Å²) in [6, 6.07) is 7.25. The van der Waals surface area contributed by atoms with E-state index in [0.717, 1.165) is 6.42 Å². The largest absolute Gasteiger partial charge is 0.493 e. The number of ether oxygens (including phenoxy) is 1. The van der Waals surface area contributed by atoms with Crippen molar-refractivity contribution in [2.24, 2.45) is 0 Å². The summed E-state index contributed by atoms with van der Waals surface area (Å²) in [5.74, 6) is 0.651. The molecule has 2 nitrogen and oxygen atoms in total. The van der Waals surface area contributed by atoms with Crippen LogP contribution in [0.25, 0.3) is 0 Å². The van der Waals surface area contributed by atoms with Crippen LogP contribution in [0.3, 0.4) is 0 Å². The third kappa shape index (κ3) is 5.85. The minimum Gasteiger partial charge on any atom is -0.493 e. The third-order valence-corrected chi connectivity index (χ3v) is 3.00.